The van der Waals surface area contributed by atoms with Crippen LogP contribution < -0.4 is 0 Å². The van der Waals surface area contributed by atoms with Crippen LogP contribution in [0.1, 0.15) is 19.3 Å². The van der Waals surface area contributed by atoms with Gasteiger partial charge in [-0.25, -0.2) is 0 Å². The zero-order valence-electron chi connectivity index (χ0n) is 5.12. The van der Waals surface area contributed by atoms with E-state index in [9.17, 15) is 12.9 Å². The first kappa shape index (κ1) is 6.97. The third kappa shape index (κ3) is 3.43. The van der Waals surface area contributed by atoms with Gasteiger partial charge < -0.3 is 12.9 Å². The smallest absolute Gasteiger partial charge is 0.449 e. The normalized spacial score (nSPS) is 20.3. The fourth-order valence-corrected chi connectivity index (χ4v) is 0.831. The Balaban J connectivity index is 2.03. The Morgan fingerprint density at radius 3 is 2.11 bits per heavy atom. The lowest BCUT2D eigenvalue weighted by atomic mass is 9.83. The van der Waals surface area contributed by atoms with Crippen molar-refractivity contribution in [3.63, 3.8) is 0 Å². The van der Waals surface area contributed by atoms with Gasteiger partial charge in [-0.05, 0) is 5.92 Å². The van der Waals surface area contributed by atoms with Crippen LogP contribution in [0.15, 0.2) is 0 Å². The molecular weight excluding hydrogens is 128 g/mol. The quantitative estimate of drug-likeness (QED) is 0.524. The molecule has 4 heteroatoms. The second-order valence-corrected chi connectivity index (χ2v) is 2.73. The van der Waals surface area contributed by atoms with E-state index >= 15 is 0 Å². The summed E-state index contributed by atoms with van der Waals surface area (Å²) in [4.78, 5) is 0. The Morgan fingerprint density at radius 1 is 1.22 bits per heavy atom. The zero-order valence-corrected chi connectivity index (χ0v) is 5.12. The Bertz CT molecular complexity index is 94.9. The predicted octanol–water partition coefficient (Wildman–Crippen LogP) is 2.63. The Labute approximate surface area is 52.5 Å². The van der Waals surface area contributed by atoms with E-state index in [1.807, 2.05) is 0 Å². The van der Waals surface area contributed by atoms with Crippen LogP contribution in [0.4, 0.5) is 12.9 Å². The van der Waals surface area contributed by atoms with Crippen molar-refractivity contribution in [3.8, 4) is 0 Å². The van der Waals surface area contributed by atoms with Crippen molar-refractivity contribution in [1.29, 1.82) is 0 Å². The van der Waals surface area contributed by atoms with E-state index in [1.54, 1.807) is 0 Å². The molecule has 1 fully saturated rings. The highest BCUT2D eigenvalue weighted by molar-refractivity contribution is 6.58. The van der Waals surface area contributed by atoms with Gasteiger partial charge in [0.1, 0.15) is 0 Å². The molecule has 0 unspecified atom stereocenters. The highest BCUT2D eigenvalue weighted by atomic mass is 19.4. The summed E-state index contributed by atoms with van der Waals surface area (Å²) in [5.74, 6) is 0.411. The zero-order chi connectivity index (χ0) is 6.91. The maximum absolute atomic E-state index is 11.5. The highest BCUT2D eigenvalue weighted by Crippen LogP contribution is 2.36. The van der Waals surface area contributed by atoms with Gasteiger partial charge in [0, 0.05) is 0 Å². The fraction of sp³-hybridized carbons (Fsp3) is 1.00. The van der Waals surface area contributed by atoms with E-state index in [-0.39, 0.29) is 0 Å². The Kier molecular flexibility index (Phi) is 1.73. The molecule has 0 nitrogen and oxygen atoms in total. The Morgan fingerprint density at radius 2 is 1.78 bits per heavy atom. The summed E-state index contributed by atoms with van der Waals surface area (Å²) in [7, 11) is 0. The van der Waals surface area contributed by atoms with Crippen molar-refractivity contribution >= 4 is 6.98 Å². The molecule has 1 rings (SSSR count). The second-order valence-electron chi connectivity index (χ2n) is 2.73. The highest BCUT2D eigenvalue weighted by Gasteiger charge is 2.28. The molecule has 0 atom stereocenters. The molecule has 0 saturated heterocycles. The molecule has 0 N–H and O–H groups in total. The van der Waals surface area contributed by atoms with Crippen LogP contribution in [0.2, 0.25) is 6.32 Å². The fourth-order valence-electron chi connectivity index (χ4n) is 0.831. The van der Waals surface area contributed by atoms with Crippen LogP contribution in [0, 0.1) is 5.92 Å². The largest absolute Gasteiger partial charge is 0.478 e. The molecule has 0 aromatic heterocycles. The van der Waals surface area contributed by atoms with Crippen LogP contribution in [-0.2, 0) is 0 Å². The van der Waals surface area contributed by atoms with Gasteiger partial charge >= 0.3 is 6.98 Å². The van der Waals surface area contributed by atoms with Crippen molar-refractivity contribution in [2.75, 3.05) is 0 Å². The first-order chi connectivity index (χ1) is 4.08. The molecule has 0 aromatic rings. The lowest BCUT2D eigenvalue weighted by Gasteiger charge is -2.11. The van der Waals surface area contributed by atoms with E-state index in [4.69, 9.17) is 0 Å². The minimum atomic E-state index is -4.49. The van der Waals surface area contributed by atoms with Gasteiger partial charge in [-0.2, -0.15) is 0 Å². The van der Waals surface area contributed by atoms with Gasteiger partial charge in [-0.15, -0.1) is 0 Å². The number of hydrogen-bond donors (Lipinski definition) is 0. The van der Waals surface area contributed by atoms with Gasteiger partial charge in [0.05, 0.1) is 0 Å². The van der Waals surface area contributed by atoms with E-state index in [2.05, 4.69) is 0 Å². The topological polar surface area (TPSA) is 0 Å². The second kappa shape index (κ2) is 2.23. The molecule has 54 valence electrons. The number of rotatable bonds is 3. The molecule has 9 heavy (non-hydrogen) atoms. The standard InChI is InChI=1S/C5H9BF3/c7-6(8,9)4-3-5-1-2-5/h5H,1-4H2/q-1. The van der Waals surface area contributed by atoms with Gasteiger partial charge in [0.25, 0.3) is 0 Å². The maximum Gasteiger partial charge on any atom is 0.478 e. The van der Waals surface area contributed by atoms with Crippen LogP contribution in [-0.4, -0.2) is 6.98 Å². The molecule has 1 aliphatic rings. The number of halogens is 3. The number of hydrogen-bond acceptors (Lipinski definition) is 0. The lowest BCUT2D eigenvalue weighted by molar-refractivity contribution is 0.459. The summed E-state index contributed by atoms with van der Waals surface area (Å²) in [6, 6.07) is 0. The van der Waals surface area contributed by atoms with Gasteiger partial charge in [0.15, 0.2) is 0 Å². The first-order valence-electron chi connectivity index (χ1n) is 3.29. The van der Waals surface area contributed by atoms with E-state index in [0.717, 1.165) is 12.8 Å². The summed E-state index contributed by atoms with van der Waals surface area (Å²) >= 11 is 0. The molecule has 0 spiro atoms. The Hall–Kier alpha value is -0.145. The SMILES string of the molecule is F[B-](F)(F)CCC1CC1. The molecule has 0 aromatic carbocycles. The third-order valence-electron chi connectivity index (χ3n) is 1.60. The van der Waals surface area contributed by atoms with Crippen LogP contribution >= 0.6 is 0 Å². The average Bonchev–Trinajstić information content (AvgIpc) is 2.38. The van der Waals surface area contributed by atoms with Crippen molar-refractivity contribution in [1.82, 2.24) is 0 Å². The monoisotopic (exact) mass is 137 g/mol. The summed E-state index contributed by atoms with van der Waals surface area (Å²) in [5.41, 5.74) is 0. The first-order valence-corrected chi connectivity index (χ1v) is 3.29. The van der Waals surface area contributed by atoms with Crippen molar-refractivity contribution in [2.45, 2.75) is 25.6 Å². The predicted molar refractivity (Wildman–Crippen MR) is 31.2 cm³/mol. The van der Waals surface area contributed by atoms with E-state index in [0.29, 0.717) is 12.3 Å². The average molecular weight is 137 g/mol. The summed E-state index contributed by atoms with van der Waals surface area (Å²) in [6.07, 6.45) is 1.90. The summed E-state index contributed by atoms with van der Waals surface area (Å²) < 4.78 is 34.5. The lowest BCUT2D eigenvalue weighted by Crippen LogP contribution is -2.13. The van der Waals surface area contributed by atoms with Crippen molar-refractivity contribution in [3.05, 3.63) is 0 Å². The third-order valence-corrected chi connectivity index (χ3v) is 1.60. The van der Waals surface area contributed by atoms with Crippen LogP contribution in [0.5, 0.6) is 0 Å². The molecular formula is C5H9BF3-. The van der Waals surface area contributed by atoms with Gasteiger partial charge in [0.2, 0.25) is 0 Å². The molecule has 1 saturated carbocycles. The van der Waals surface area contributed by atoms with E-state index in [1.165, 1.54) is 0 Å². The summed E-state index contributed by atoms with van der Waals surface area (Å²) in [6.45, 7) is -4.49. The molecule has 0 radical (unpaired) electrons. The van der Waals surface area contributed by atoms with Crippen LogP contribution in [0.25, 0.3) is 0 Å². The van der Waals surface area contributed by atoms with E-state index < -0.39 is 13.3 Å². The molecule has 0 bridgehead atoms. The van der Waals surface area contributed by atoms with Gasteiger partial charge in [-0.1, -0.05) is 25.6 Å². The molecule has 0 heterocycles. The summed E-state index contributed by atoms with van der Waals surface area (Å²) in [5, 5.41) is 0. The minimum absolute atomic E-state index is 0.378. The minimum Gasteiger partial charge on any atom is -0.449 e. The van der Waals surface area contributed by atoms with Crippen LogP contribution in [0.3, 0.4) is 0 Å². The molecule has 0 aliphatic heterocycles. The van der Waals surface area contributed by atoms with Gasteiger partial charge in [-0.3, -0.25) is 0 Å². The van der Waals surface area contributed by atoms with Crippen molar-refractivity contribution in [2.24, 2.45) is 5.92 Å². The molecule has 0 amide bonds. The maximum atomic E-state index is 11.5. The van der Waals surface area contributed by atoms with Crippen molar-refractivity contribution < 1.29 is 12.9 Å². The molecule has 1 aliphatic carbocycles.